The van der Waals surface area contributed by atoms with Crippen LogP contribution in [0.5, 0.6) is 0 Å². The minimum absolute atomic E-state index is 0.554. The topological polar surface area (TPSA) is 29.0 Å². The molecule has 2 rings (SSSR count). The fraction of sp³-hybridized carbons (Fsp3) is 0.600. The van der Waals surface area contributed by atoms with Crippen molar-refractivity contribution in [3.05, 3.63) is 22.4 Å². The summed E-state index contributed by atoms with van der Waals surface area (Å²) in [5.41, 5.74) is 1.12. The van der Waals surface area contributed by atoms with E-state index in [4.69, 9.17) is 0 Å². The van der Waals surface area contributed by atoms with Gasteiger partial charge in [-0.2, -0.15) is 10.2 Å². The Balaban J connectivity index is 2.14. The highest BCUT2D eigenvalue weighted by atomic mass is 79.9. The lowest BCUT2D eigenvalue weighted by molar-refractivity contribution is 0.248. The van der Waals surface area contributed by atoms with Crippen LogP contribution in [0.4, 0.5) is 0 Å². The maximum Gasteiger partial charge on any atom is 0.0685 e. The first-order chi connectivity index (χ1) is 6.75. The third-order valence-electron chi connectivity index (χ3n) is 2.68. The van der Waals surface area contributed by atoms with E-state index in [0.717, 1.165) is 16.7 Å². The van der Waals surface area contributed by atoms with Gasteiger partial charge in [-0.3, -0.25) is 0 Å². The molecule has 1 unspecified atom stereocenters. The summed E-state index contributed by atoms with van der Waals surface area (Å²) in [7, 11) is 2.16. The van der Waals surface area contributed by atoms with Crippen LogP contribution < -0.4 is 0 Å². The van der Waals surface area contributed by atoms with Crippen LogP contribution in [0.3, 0.4) is 0 Å². The number of hydrogen-bond donors (Lipinski definition) is 0. The lowest BCUT2D eigenvalue weighted by Crippen LogP contribution is -2.31. The van der Waals surface area contributed by atoms with Crippen molar-refractivity contribution in [2.75, 3.05) is 20.1 Å². The predicted octanol–water partition coefficient (Wildman–Crippen LogP) is 2.05. The van der Waals surface area contributed by atoms with Crippen molar-refractivity contribution in [2.45, 2.75) is 18.8 Å². The van der Waals surface area contributed by atoms with Crippen molar-refractivity contribution in [1.29, 1.82) is 0 Å². The maximum absolute atomic E-state index is 4.19. The van der Waals surface area contributed by atoms with Crippen LogP contribution in [0, 0.1) is 0 Å². The normalized spacial score (nSPS) is 23.7. The molecule has 1 aliphatic rings. The Morgan fingerprint density at radius 1 is 1.57 bits per heavy atom. The number of likely N-dealkylation sites (tertiary alicyclic amines) is 1. The van der Waals surface area contributed by atoms with Gasteiger partial charge >= 0.3 is 0 Å². The van der Waals surface area contributed by atoms with Crippen LogP contribution in [0.15, 0.2) is 16.7 Å². The molecule has 76 valence electrons. The Morgan fingerprint density at radius 2 is 2.43 bits per heavy atom. The molecule has 3 nitrogen and oxygen atoms in total. The van der Waals surface area contributed by atoms with E-state index >= 15 is 0 Å². The average Bonchev–Trinajstić information content (AvgIpc) is 2.18. The third kappa shape index (κ3) is 2.30. The molecule has 4 heteroatoms. The molecule has 0 radical (unpaired) electrons. The predicted molar refractivity (Wildman–Crippen MR) is 59.2 cm³/mol. The van der Waals surface area contributed by atoms with Crippen LogP contribution in [-0.4, -0.2) is 35.2 Å². The molecule has 1 aliphatic heterocycles. The van der Waals surface area contributed by atoms with E-state index in [0.29, 0.717) is 5.92 Å². The van der Waals surface area contributed by atoms with Crippen molar-refractivity contribution in [2.24, 2.45) is 0 Å². The van der Waals surface area contributed by atoms with E-state index in [1.807, 2.05) is 0 Å². The highest BCUT2D eigenvalue weighted by Crippen LogP contribution is 2.25. The fourth-order valence-electron chi connectivity index (χ4n) is 1.97. The largest absolute Gasteiger partial charge is 0.306 e. The molecule has 0 saturated carbocycles. The zero-order chi connectivity index (χ0) is 9.97. The number of likely N-dealkylation sites (N-methyl/N-ethyl adjacent to an activating group) is 1. The summed E-state index contributed by atoms with van der Waals surface area (Å²) in [6.07, 6.45) is 4.22. The number of aromatic nitrogens is 2. The second-order valence-corrected chi connectivity index (χ2v) is 4.82. The van der Waals surface area contributed by atoms with Gasteiger partial charge in [-0.25, -0.2) is 0 Å². The van der Waals surface area contributed by atoms with E-state index in [2.05, 4.69) is 44.1 Å². The highest BCUT2D eigenvalue weighted by Gasteiger charge is 2.20. The first-order valence-corrected chi connectivity index (χ1v) is 5.71. The van der Waals surface area contributed by atoms with Crippen LogP contribution >= 0.6 is 15.9 Å². The summed E-state index contributed by atoms with van der Waals surface area (Å²) in [5, 5.41) is 8.16. The van der Waals surface area contributed by atoms with Gasteiger partial charge in [-0.15, -0.1) is 0 Å². The van der Waals surface area contributed by atoms with Crippen molar-refractivity contribution in [3.8, 4) is 0 Å². The van der Waals surface area contributed by atoms with Gasteiger partial charge in [0.05, 0.1) is 11.9 Å². The SMILES string of the molecule is CN1CCCC(c2cc(Br)cnn2)C1. The zero-order valence-corrected chi connectivity index (χ0v) is 9.87. The Hall–Kier alpha value is -0.480. The second-order valence-electron chi connectivity index (χ2n) is 3.90. The molecular weight excluding hydrogens is 242 g/mol. The molecule has 1 aromatic heterocycles. The van der Waals surface area contributed by atoms with E-state index in [-0.39, 0.29) is 0 Å². The molecule has 0 amide bonds. The molecule has 1 aromatic rings. The Morgan fingerprint density at radius 3 is 3.14 bits per heavy atom. The number of hydrogen-bond acceptors (Lipinski definition) is 3. The van der Waals surface area contributed by atoms with Gasteiger partial charge in [-0.1, -0.05) is 0 Å². The average molecular weight is 256 g/mol. The summed E-state index contributed by atoms with van der Waals surface area (Å²) in [5.74, 6) is 0.554. The molecule has 0 bridgehead atoms. The van der Waals surface area contributed by atoms with Crippen LogP contribution in [-0.2, 0) is 0 Å². The molecule has 1 atom stereocenters. The first-order valence-electron chi connectivity index (χ1n) is 4.92. The standard InChI is InChI=1S/C10H14BrN3/c1-14-4-2-3-8(7-14)10-5-9(11)6-12-13-10/h5-6,8H,2-4,7H2,1H3. The Labute approximate surface area is 92.7 Å². The molecule has 0 aliphatic carbocycles. The van der Waals surface area contributed by atoms with Gasteiger partial charge in [-0.05, 0) is 48.4 Å². The Bertz CT molecular complexity index is 316. The summed E-state index contributed by atoms with van der Waals surface area (Å²) in [6, 6.07) is 2.08. The zero-order valence-electron chi connectivity index (χ0n) is 8.28. The minimum Gasteiger partial charge on any atom is -0.306 e. The molecule has 14 heavy (non-hydrogen) atoms. The van der Waals surface area contributed by atoms with Gasteiger partial charge in [0, 0.05) is 16.9 Å². The first kappa shape index (κ1) is 10.1. The molecule has 2 heterocycles. The van der Waals surface area contributed by atoms with Crippen LogP contribution in [0.1, 0.15) is 24.5 Å². The van der Waals surface area contributed by atoms with Crippen molar-refractivity contribution >= 4 is 15.9 Å². The Kier molecular flexibility index (Phi) is 3.13. The van der Waals surface area contributed by atoms with E-state index < -0.39 is 0 Å². The lowest BCUT2D eigenvalue weighted by Gasteiger charge is -2.28. The summed E-state index contributed by atoms with van der Waals surface area (Å²) < 4.78 is 1.02. The molecule has 0 spiro atoms. The second kappa shape index (κ2) is 4.36. The van der Waals surface area contributed by atoms with Crippen molar-refractivity contribution < 1.29 is 0 Å². The number of nitrogens with zero attached hydrogens (tertiary/aromatic N) is 3. The fourth-order valence-corrected chi connectivity index (χ4v) is 2.29. The molecular formula is C10H14BrN3. The van der Waals surface area contributed by atoms with E-state index in [1.165, 1.54) is 19.4 Å². The van der Waals surface area contributed by atoms with E-state index in [9.17, 15) is 0 Å². The molecule has 0 N–H and O–H groups in total. The minimum atomic E-state index is 0.554. The summed E-state index contributed by atoms with van der Waals surface area (Å²) in [6.45, 7) is 2.31. The van der Waals surface area contributed by atoms with Crippen molar-refractivity contribution in [3.63, 3.8) is 0 Å². The van der Waals surface area contributed by atoms with Crippen LogP contribution in [0.2, 0.25) is 0 Å². The van der Waals surface area contributed by atoms with Gasteiger partial charge in [0.1, 0.15) is 0 Å². The smallest absolute Gasteiger partial charge is 0.0685 e. The van der Waals surface area contributed by atoms with Gasteiger partial charge in [0.25, 0.3) is 0 Å². The van der Waals surface area contributed by atoms with E-state index in [1.54, 1.807) is 6.20 Å². The summed E-state index contributed by atoms with van der Waals surface area (Å²) >= 11 is 3.43. The summed E-state index contributed by atoms with van der Waals surface area (Å²) in [4.78, 5) is 2.36. The monoisotopic (exact) mass is 255 g/mol. The quantitative estimate of drug-likeness (QED) is 0.770. The van der Waals surface area contributed by atoms with Gasteiger partial charge in [0.2, 0.25) is 0 Å². The number of piperidine rings is 1. The number of halogens is 1. The third-order valence-corrected chi connectivity index (χ3v) is 3.12. The van der Waals surface area contributed by atoms with Crippen LogP contribution in [0.25, 0.3) is 0 Å². The highest BCUT2D eigenvalue weighted by molar-refractivity contribution is 9.10. The molecule has 1 saturated heterocycles. The van der Waals surface area contributed by atoms with Gasteiger partial charge in [0.15, 0.2) is 0 Å². The van der Waals surface area contributed by atoms with Gasteiger partial charge < -0.3 is 4.90 Å². The number of rotatable bonds is 1. The maximum atomic E-state index is 4.19. The van der Waals surface area contributed by atoms with Crippen molar-refractivity contribution in [1.82, 2.24) is 15.1 Å². The molecule has 0 aromatic carbocycles. The lowest BCUT2D eigenvalue weighted by atomic mass is 9.95. The molecule has 1 fully saturated rings.